The highest BCUT2D eigenvalue weighted by Crippen LogP contribution is 2.28. The van der Waals surface area contributed by atoms with Gasteiger partial charge in [-0.3, -0.25) is 4.79 Å². The van der Waals surface area contributed by atoms with Crippen LogP contribution < -0.4 is 4.72 Å². The van der Waals surface area contributed by atoms with Crippen LogP contribution in [0.1, 0.15) is 62.5 Å². The Labute approximate surface area is 176 Å². The van der Waals surface area contributed by atoms with Crippen molar-refractivity contribution in [3.8, 4) is 0 Å². The number of nitrogens with one attached hydrogen (secondary N) is 1. The van der Waals surface area contributed by atoms with Crippen molar-refractivity contribution in [2.24, 2.45) is 11.8 Å². The van der Waals surface area contributed by atoms with Crippen LogP contribution in [0.25, 0.3) is 0 Å². The molecule has 29 heavy (non-hydrogen) atoms. The van der Waals surface area contributed by atoms with Gasteiger partial charge in [-0.1, -0.05) is 43.5 Å². The second-order valence-corrected chi connectivity index (χ2v) is 10.8. The molecule has 5 nitrogen and oxygen atoms in total. The van der Waals surface area contributed by atoms with E-state index in [-0.39, 0.29) is 0 Å². The molecule has 0 unspecified atom stereocenters. The van der Waals surface area contributed by atoms with Crippen molar-refractivity contribution in [2.75, 3.05) is 25.9 Å². The van der Waals surface area contributed by atoms with Crippen LogP contribution in [0.4, 0.5) is 0 Å². The van der Waals surface area contributed by atoms with Crippen LogP contribution >= 0.6 is 0 Å². The van der Waals surface area contributed by atoms with Gasteiger partial charge in [0.1, 0.15) is 0 Å². The molecule has 1 N–H and O–H groups in total. The summed E-state index contributed by atoms with van der Waals surface area (Å²) in [5.41, 5.74) is 2.48. The van der Waals surface area contributed by atoms with Crippen molar-refractivity contribution in [1.82, 2.24) is 9.62 Å². The van der Waals surface area contributed by atoms with Gasteiger partial charge in [-0.15, -0.1) is 0 Å². The monoisotopic (exact) mass is 420 g/mol. The summed E-state index contributed by atoms with van der Waals surface area (Å²) in [5, 5.41) is 0. The van der Waals surface area contributed by atoms with Gasteiger partial charge in [-0.05, 0) is 61.5 Å². The first-order valence-corrected chi connectivity index (χ1v) is 13.1. The third kappa shape index (κ3) is 7.74. The highest BCUT2D eigenvalue weighted by molar-refractivity contribution is 7.88. The van der Waals surface area contributed by atoms with Crippen LogP contribution in [-0.4, -0.2) is 45.1 Å². The summed E-state index contributed by atoms with van der Waals surface area (Å²) in [6, 6.07) is 8.52. The number of carbonyl (C=O) groups is 1. The zero-order valence-corrected chi connectivity index (χ0v) is 18.6. The van der Waals surface area contributed by atoms with E-state index in [1.807, 2.05) is 0 Å². The SMILES string of the molecule is CS(=O)(=O)NCCc1ccc(CC2CCN(C(=O)CC3CCCCC3)CC2)cc1. The van der Waals surface area contributed by atoms with Gasteiger partial charge in [0.15, 0.2) is 0 Å². The average molecular weight is 421 g/mol. The standard InChI is InChI=1S/C23H36N2O3S/c1-29(27,28)24-14-11-19-7-9-21(10-8-19)17-22-12-15-25(16-13-22)23(26)18-20-5-3-2-4-6-20/h7-10,20,22,24H,2-6,11-18H2,1H3. The Balaban J connectivity index is 1.38. The van der Waals surface area contributed by atoms with Gasteiger partial charge in [-0.2, -0.15) is 0 Å². The number of nitrogens with zero attached hydrogens (tertiary/aromatic N) is 1. The Bertz CT molecular complexity index is 747. The van der Waals surface area contributed by atoms with E-state index in [0.29, 0.717) is 30.7 Å². The molecule has 6 heteroatoms. The Kier molecular flexibility index (Phi) is 8.13. The van der Waals surface area contributed by atoms with Gasteiger partial charge >= 0.3 is 0 Å². The molecule has 1 heterocycles. The van der Waals surface area contributed by atoms with Crippen molar-refractivity contribution in [3.63, 3.8) is 0 Å². The Morgan fingerprint density at radius 1 is 0.966 bits per heavy atom. The predicted octanol–water partition coefficient (Wildman–Crippen LogP) is 3.53. The molecule has 2 aliphatic rings. The third-order valence-corrected chi connectivity index (χ3v) is 7.21. The largest absolute Gasteiger partial charge is 0.343 e. The minimum atomic E-state index is -3.12. The first-order valence-electron chi connectivity index (χ1n) is 11.2. The van der Waals surface area contributed by atoms with Crippen molar-refractivity contribution < 1.29 is 13.2 Å². The number of hydrogen-bond acceptors (Lipinski definition) is 3. The highest BCUT2D eigenvalue weighted by Gasteiger charge is 2.25. The molecule has 1 aliphatic carbocycles. The quantitative estimate of drug-likeness (QED) is 0.700. The molecule has 3 rings (SSSR count). The van der Waals surface area contributed by atoms with Gasteiger partial charge in [0.2, 0.25) is 15.9 Å². The lowest BCUT2D eigenvalue weighted by Gasteiger charge is -2.33. The molecule has 2 fully saturated rings. The average Bonchev–Trinajstić information content (AvgIpc) is 2.70. The molecule has 0 radical (unpaired) electrons. The van der Waals surface area contributed by atoms with E-state index >= 15 is 0 Å². The number of rotatable bonds is 8. The van der Waals surface area contributed by atoms with Gasteiger partial charge in [-0.25, -0.2) is 13.1 Å². The number of amides is 1. The van der Waals surface area contributed by atoms with E-state index in [1.54, 1.807) is 0 Å². The maximum atomic E-state index is 12.6. The summed E-state index contributed by atoms with van der Waals surface area (Å²) >= 11 is 0. The van der Waals surface area contributed by atoms with E-state index in [1.165, 1.54) is 43.9 Å². The normalized spacial score (nSPS) is 19.4. The number of sulfonamides is 1. The van der Waals surface area contributed by atoms with E-state index in [9.17, 15) is 13.2 Å². The van der Waals surface area contributed by atoms with Gasteiger partial charge in [0, 0.05) is 26.1 Å². The predicted molar refractivity (Wildman–Crippen MR) is 117 cm³/mol. The summed E-state index contributed by atoms with van der Waals surface area (Å²) < 4.78 is 24.8. The number of likely N-dealkylation sites (tertiary alicyclic amines) is 1. The molecular formula is C23H36N2O3S. The first-order chi connectivity index (χ1) is 13.9. The zero-order chi connectivity index (χ0) is 20.7. The minimum Gasteiger partial charge on any atom is -0.343 e. The van der Waals surface area contributed by atoms with Crippen LogP contribution in [0.3, 0.4) is 0 Å². The third-order valence-electron chi connectivity index (χ3n) is 6.48. The molecule has 1 aromatic rings. The lowest BCUT2D eigenvalue weighted by molar-refractivity contribution is -0.133. The summed E-state index contributed by atoms with van der Waals surface area (Å²) in [7, 11) is -3.12. The highest BCUT2D eigenvalue weighted by atomic mass is 32.2. The maximum Gasteiger partial charge on any atom is 0.222 e. The van der Waals surface area contributed by atoms with Crippen LogP contribution in [0, 0.1) is 11.8 Å². The van der Waals surface area contributed by atoms with Crippen LogP contribution in [0.5, 0.6) is 0 Å². The molecule has 1 saturated heterocycles. The van der Waals surface area contributed by atoms with Gasteiger partial charge in [0.25, 0.3) is 0 Å². The molecule has 1 aromatic carbocycles. The van der Waals surface area contributed by atoms with Gasteiger partial charge < -0.3 is 4.90 Å². The van der Waals surface area contributed by atoms with Crippen molar-refractivity contribution in [3.05, 3.63) is 35.4 Å². The summed E-state index contributed by atoms with van der Waals surface area (Å²) in [5.74, 6) is 1.65. The van der Waals surface area contributed by atoms with Gasteiger partial charge in [0.05, 0.1) is 6.26 Å². The first kappa shape index (κ1) is 22.3. The van der Waals surface area contributed by atoms with Crippen molar-refractivity contribution >= 4 is 15.9 Å². The molecule has 1 saturated carbocycles. The van der Waals surface area contributed by atoms with E-state index in [4.69, 9.17) is 0 Å². The van der Waals surface area contributed by atoms with Crippen LogP contribution in [0.2, 0.25) is 0 Å². The second kappa shape index (κ2) is 10.6. The molecule has 0 bridgehead atoms. The van der Waals surface area contributed by atoms with Crippen LogP contribution in [-0.2, 0) is 27.7 Å². The van der Waals surface area contributed by atoms with E-state index in [0.717, 1.165) is 44.3 Å². The molecule has 1 amide bonds. The van der Waals surface area contributed by atoms with Crippen LogP contribution in [0.15, 0.2) is 24.3 Å². The fourth-order valence-electron chi connectivity index (χ4n) is 4.71. The Morgan fingerprint density at radius 3 is 2.21 bits per heavy atom. The zero-order valence-electron chi connectivity index (χ0n) is 17.7. The number of hydrogen-bond donors (Lipinski definition) is 1. The summed E-state index contributed by atoms with van der Waals surface area (Å²) in [6.45, 7) is 2.25. The molecule has 0 atom stereocenters. The Morgan fingerprint density at radius 2 is 1.59 bits per heavy atom. The minimum absolute atomic E-state index is 0.377. The van der Waals surface area contributed by atoms with Crippen molar-refractivity contribution in [2.45, 2.75) is 64.2 Å². The molecular weight excluding hydrogens is 384 g/mol. The molecule has 0 spiro atoms. The molecule has 0 aromatic heterocycles. The number of carbonyl (C=O) groups excluding carboxylic acids is 1. The summed E-state index contributed by atoms with van der Waals surface area (Å²) in [4.78, 5) is 14.7. The number of benzene rings is 1. The summed E-state index contributed by atoms with van der Waals surface area (Å²) in [6.07, 6.45) is 12.3. The molecule has 1 aliphatic heterocycles. The molecule has 162 valence electrons. The lowest BCUT2D eigenvalue weighted by atomic mass is 9.86. The fraction of sp³-hybridized carbons (Fsp3) is 0.696. The maximum absolute atomic E-state index is 12.6. The van der Waals surface area contributed by atoms with E-state index in [2.05, 4.69) is 33.9 Å². The fourth-order valence-corrected chi connectivity index (χ4v) is 5.18. The number of piperidine rings is 1. The smallest absolute Gasteiger partial charge is 0.222 e. The lowest BCUT2D eigenvalue weighted by Crippen LogP contribution is -2.39. The van der Waals surface area contributed by atoms with Crippen molar-refractivity contribution in [1.29, 1.82) is 0 Å². The topological polar surface area (TPSA) is 66.5 Å². The second-order valence-electron chi connectivity index (χ2n) is 8.97. The van der Waals surface area contributed by atoms with E-state index < -0.39 is 10.0 Å². The Hall–Kier alpha value is -1.40.